The zero-order valence-electron chi connectivity index (χ0n) is 16.4. The first kappa shape index (κ1) is 20.4. The number of halogens is 2. The number of amides is 1. The van der Waals surface area contributed by atoms with E-state index in [4.69, 9.17) is 17.0 Å². The average Bonchev–Trinajstić information content (AvgIpc) is 2.74. The van der Waals surface area contributed by atoms with Crippen molar-refractivity contribution in [3.05, 3.63) is 77.0 Å². The number of carbonyl (C=O) groups excluding carboxylic acids is 1. The van der Waals surface area contributed by atoms with Gasteiger partial charge in [-0.2, -0.15) is 0 Å². The zero-order chi connectivity index (χ0) is 21.3. The van der Waals surface area contributed by atoms with Crippen molar-refractivity contribution in [3.63, 3.8) is 0 Å². The van der Waals surface area contributed by atoms with Crippen molar-refractivity contribution in [2.45, 2.75) is 13.0 Å². The highest BCUT2D eigenvalue weighted by molar-refractivity contribution is 7.80. The largest absolute Gasteiger partial charge is 0.378 e. The lowest BCUT2D eigenvalue weighted by Crippen LogP contribution is -2.51. The number of allylic oxidation sites excluding steroid dienone is 1. The Labute approximate surface area is 178 Å². The number of ether oxygens (including phenoxy) is 1. The van der Waals surface area contributed by atoms with E-state index in [9.17, 15) is 13.6 Å². The second-order valence-corrected chi connectivity index (χ2v) is 7.51. The molecule has 1 fully saturated rings. The molecule has 0 spiro atoms. The van der Waals surface area contributed by atoms with Crippen LogP contribution in [0.2, 0.25) is 0 Å². The summed E-state index contributed by atoms with van der Waals surface area (Å²) < 4.78 is 33.5. The molecule has 1 unspecified atom stereocenters. The Morgan fingerprint density at radius 1 is 1.13 bits per heavy atom. The van der Waals surface area contributed by atoms with Crippen LogP contribution in [0.3, 0.4) is 0 Å². The molecule has 1 N–H and O–H groups in total. The Balaban J connectivity index is 1.84. The molecule has 2 aliphatic heterocycles. The molecule has 0 aliphatic carbocycles. The van der Waals surface area contributed by atoms with Gasteiger partial charge < -0.3 is 15.0 Å². The van der Waals surface area contributed by atoms with Crippen LogP contribution in [-0.4, -0.2) is 42.2 Å². The van der Waals surface area contributed by atoms with Crippen molar-refractivity contribution in [2.75, 3.05) is 31.2 Å². The minimum absolute atomic E-state index is 0.169. The van der Waals surface area contributed by atoms with Gasteiger partial charge >= 0.3 is 0 Å². The quantitative estimate of drug-likeness (QED) is 0.757. The minimum Gasteiger partial charge on any atom is -0.378 e. The Morgan fingerprint density at radius 2 is 1.83 bits per heavy atom. The van der Waals surface area contributed by atoms with Crippen LogP contribution in [0.15, 0.2) is 59.8 Å². The van der Waals surface area contributed by atoms with Gasteiger partial charge in [0.15, 0.2) is 5.11 Å². The standard InChI is InChI=1S/C22H21F2N3O2S/c1-14-19(21(28)26-9-11-29-12-10-26)20(17-8-7-15(23)13-18(17)24)25-22(30)27(14)16-5-3-2-4-6-16/h2-8,13,20H,9-12H2,1H3,(H,25,30). The second kappa shape index (κ2) is 8.49. The van der Waals surface area contributed by atoms with Crippen LogP contribution < -0.4 is 10.2 Å². The first-order valence-corrected chi connectivity index (χ1v) is 10.1. The predicted octanol–water partition coefficient (Wildman–Crippen LogP) is 3.53. The summed E-state index contributed by atoms with van der Waals surface area (Å²) in [7, 11) is 0. The Hall–Kier alpha value is -2.84. The summed E-state index contributed by atoms with van der Waals surface area (Å²) in [6.07, 6.45) is 0. The highest BCUT2D eigenvalue weighted by Gasteiger charge is 2.37. The number of rotatable bonds is 3. The summed E-state index contributed by atoms with van der Waals surface area (Å²) in [5.74, 6) is -1.63. The maximum atomic E-state index is 14.7. The van der Waals surface area contributed by atoms with Crippen LogP contribution in [0.5, 0.6) is 0 Å². The number of para-hydroxylation sites is 1. The molecule has 4 rings (SSSR count). The lowest BCUT2D eigenvalue weighted by molar-refractivity contribution is -0.131. The van der Waals surface area contributed by atoms with Crippen molar-refractivity contribution >= 4 is 28.9 Å². The van der Waals surface area contributed by atoms with Crippen LogP contribution in [0.4, 0.5) is 14.5 Å². The molecular weight excluding hydrogens is 408 g/mol. The molecule has 2 aromatic rings. The highest BCUT2D eigenvalue weighted by Crippen LogP contribution is 2.35. The number of hydrogen-bond donors (Lipinski definition) is 1. The van der Waals surface area contributed by atoms with Gasteiger partial charge in [0.1, 0.15) is 11.6 Å². The molecule has 0 bridgehead atoms. The maximum Gasteiger partial charge on any atom is 0.254 e. The molecule has 0 saturated carbocycles. The second-order valence-electron chi connectivity index (χ2n) is 7.12. The summed E-state index contributed by atoms with van der Waals surface area (Å²) in [6, 6.07) is 11.9. The summed E-state index contributed by atoms with van der Waals surface area (Å²) in [5, 5.41) is 3.44. The molecular formula is C22H21F2N3O2S. The molecule has 2 heterocycles. The van der Waals surface area contributed by atoms with Gasteiger partial charge in [0.25, 0.3) is 5.91 Å². The monoisotopic (exact) mass is 429 g/mol. The number of benzene rings is 2. The summed E-state index contributed by atoms with van der Waals surface area (Å²) in [5.41, 5.74) is 1.94. The van der Waals surface area contributed by atoms with E-state index in [-0.39, 0.29) is 11.5 Å². The van der Waals surface area contributed by atoms with Gasteiger partial charge in [-0.1, -0.05) is 24.3 Å². The lowest BCUT2D eigenvalue weighted by Gasteiger charge is -2.40. The van der Waals surface area contributed by atoms with Crippen LogP contribution in [-0.2, 0) is 9.53 Å². The number of carbonyl (C=O) groups is 1. The van der Waals surface area contributed by atoms with Crippen molar-refractivity contribution in [3.8, 4) is 0 Å². The van der Waals surface area contributed by atoms with Crippen molar-refractivity contribution in [1.29, 1.82) is 0 Å². The van der Waals surface area contributed by atoms with E-state index >= 15 is 0 Å². The van der Waals surface area contributed by atoms with Gasteiger partial charge in [-0.3, -0.25) is 9.69 Å². The lowest BCUT2D eigenvalue weighted by atomic mass is 9.93. The zero-order valence-corrected chi connectivity index (χ0v) is 17.2. The summed E-state index contributed by atoms with van der Waals surface area (Å²) in [6.45, 7) is 3.58. The van der Waals surface area contributed by atoms with Gasteiger partial charge in [-0.05, 0) is 37.3 Å². The fraction of sp³-hybridized carbons (Fsp3) is 0.273. The molecule has 30 heavy (non-hydrogen) atoms. The van der Waals surface area contributed by atoms with E-state index in [1.165, 1.54) is 12.1 Å². The SMILES string of the molecule is CC1=C(C(=O)N2CCOCC2)C(c2ccc(F)cc2F)NC(=S)N1c1ccccc1. The third kappa shape index (κ3) is 3.80. The first-order chi connectivity index (χ1) is 14.5. The molecule has 8 heteroatoms. The fourth-order valence-corrected chi connectivity index (χ4v) is 4.17. The van der Waals surface area contributed by atoms with Crippen molar-refractivity contribution in [1.82, 2.24) is 10.2 Å². The van der Waals surface area contributed by atoms with Crippen LogP contribution in [0.1, 0.15) is 18.5 Å². The van der Waals surface area contributed by atoms with E-state index in [1.54, 1.807) is 16.7 Å². The minimum atomic E-state index is -0.826. The molecule has 0 radical (unpaired) electrons. The summed E-state index contributed by atoms with van der Waals surface area (Å²) >= 11 is 5.57. The number of morpholine rings is 1. The van der Waals surface area contributed by atoms with E-state index in [0.29, 0.717) is 42.7 Å². The van der Waals surface area contributed by atoms with Gasteiger partial charge in [-0.15, -0.1) is 0 Å². The van der Waals surface area contributed by atoms with Gasteiger partial charge in [0, 0.05) is 36.1 Å². The van der Waals surface area contributed by atoms with Crippen molar-refractivity contribution < 1.29 is 18.3 Å². The molecule has 5 nitrogen and oxygen atoms in total. The number of thiocarbonyl (C=S) groups is 1. The Bertz CT molecular complexity index is 1010. The van der Waals surface area contributed by atoms with E-state index < -0.39 is 17.7 Å². The van der Waals surface area contributed by atoms with E-state index in [1.807, 2.05) is 30.3 Å². The fourth-order valence-electron chi connectivity index (χ4n) is 3.81. The average molecular weight is 429 g/mol. The Kier molecular flexibility index (Phi) is 5.78. The molecule has 1 atom stereocenters. The molecule has 0 aromatic heterocycles. The Morgan fingerprint density at radius 3 is 2.50 bits per heavy atom. The topological polar surface area (TPSA) is 44.8 Å². The van der Waals surface area contributed by atoms with Crippen LogP contribution >= 0.6 is 12.2 Å². The van der Waals surface area contributed by atoms with Crippen LogP contribution in [0, 0.1) is 11.6 Å². The molecule has 1 saturated heterocycles. The van der Waals surface area contributed by atoms with Gasteiger partial charge in [0.05, 0.1) is 24.8 Å². The van der Waals surface area contributed by atoms with Gasteiger partial charge in [-0.25, -0.2) is 8.78 Å². The van der Waals surface area contributed by atoms with Gasteiger partial charge in [0.2, 0.25) is 0 Å². The molecule has 2 aliphatic rings. The third-order valence-electron chi connectivity index (χ3n) is 5.30. The first-order valence-electron chi connectivity index (χ1n) is 9.66. The van der Waals surface area contributed by atoms with E-state index in [0.717, 1.165) is 11.8 Å². The highest BCUT2D eigenvalue weighted by atomic mass is 32.1. The molecule has 1 amide bonds. The number of nitrogens with zero attached hydrogens (tertiary/aromatic N) is 2. The smallest absolute Gasteiger partial charge is 0.254 e. The third-order valence-corrected chi connectivity index (χ3v) is 5.60. The number of anilines is 1. The van der Waals surface area contributed by atoms with Crippen molar-refractivity contribution in [2.24, 2.45) is 0 Å². The normalized spacial score (nSPS) is 19.7. The maximum absolute atomic E-state index is 14.7. The van der Waals surface area contributed by atoms with E-state index in [2.05, 4.69) is 5.32 Å². The van der Waals surface area contributed by atoms with Crippen LogP contribution in [0.25, 0.3) is 0 Å². The molecule has 2 aromatic carbocycles. The summed E-state index contributed by atoms with van der Waals surface area (Å²) in [4.78, 5) is 17.0. The number of hydrogen-bond acceptors (Lipinski definition) is 3. The predicted molar refractivity (Wildman–Crippen MR) is 114 cm³/mol. The molecule has 156 valence electrons. The number of nitrogens with one attached hydrogen (secondary N) is 1.